The van der Waals surface area contributed by atoms with Crippen LogP contribution in [0.1, 0.15) is 23.7 Å². The lowest BCUT2D eigenvalue weighted by molar-refractivity contribution is -0.121. The van der Waals surface area contributed by atoms with E-state index in [1.165, 1.54) is 6.92 Å². The van der Waals surface area contributed by atoms with Gasteiger partial charge in [0.15, 0.2) is 5.78 Å². The van der Waals surface area contributed by atoms with E-state index in [9.17, 15) is 9.59 Å². The number of carbonyl (C=O) groups is 2. The Morgan fingerprint density at radius 2 is 2.12 bits per heavy atom. The van der Waals surface area contributed by atoms with Crippen molar-refractivity contribution in [3.05, 3.63) is 29.8 Å². The highest BCUT2D eigenvalue weighted by Crippen LogP contribution is 2.13. The van der Waals surface area contributed by atoms with Crippen molar-refractivity contribution in [1.29, 1.82) is 0 Å². The largest absolute Gasteiger partial charge is 0.493 e. The highest BCUT2D eigenvalue weighted by molar-refractivity contribution is 5.94. The Hall–Kier alpha value is -1.84. The van der Waals surface area contributed by atoms with Gasteiger partial charge < -0.3 is 10.1 Å². The summed E-state index contributed by atoms with van der Waals surface area (Å²) in [4.78, 5) is 22.0. The average Bonchev–Trinajstić information content (AvgIpc) is 2.29. The van der Waals surface area contributed by atoms with E-state index in [-0.39, 0.29) is 11.7 Å². The number of hydrogen-bond acceptors (Lipinski definition) is 3. The van der Waals surface area contributed by atoms with Gasteiger partial charge >= 0.3 is 0 Å². The van der Waals surface area contributed by atoms with Gasteiger partial charge in [-0.25, -0.2) is 0 Å². The van der Waals surface area contributed by atoms with Crippen LogP contribution in [0.2, 0.25) is 0 Å². The third-order valence-corrected chi connectivity index (χ3v) is 2.12. The van der Waals surface area contributed by atoms with Gasteiger partial charge in [-0.05, 0) is 19.1 Å². The van der Waals surface area contributed by atoms with Crippen LogP contribution < -0.4 is 10.1 Å². The van der Waals surface area contributed by atoms with E-state index in [1.54, 1.807) is 31.3 Å². The van der Waals surface area contributed by atoms with Crippen LogP contribution in [0.5, 0.6) is 5.75 Å². The molecule has 1 rings (SSSR count). The first-order chi connectivity index (χ1) is 7.63. The predicted molar refractivity (Wildman–Crippen MR) is 60.6 cm³/mol. The van der Waals surface area contributed by atoms with Crippen molar-refractivity contribution in [3.63, 3.8) is 0 Å². The third-order valence-electron chi connectivity index (χ3n) is 2.12. The molecule has 0 saturated carbocycles. The molecule has 0 aliphatic rings. The number of ether oxygens (including phenoxy) is 1. The monoisotopic (exact) mass is 221 g/mol. The summed E-state index contributed by atoms with van der Waals surface area (Å²) in [6, 6.07) is 6.92. The molecular formula is C12H15NO3. The zero-order chi connectivity index (χ0) is 12.0. The standard InChI is InChI=1S/C12H15NO3/c1-9(14)10-4-3-5-11(8-10)16-7-6-12(15)13-2/h3-5,8H,6-7H2,1-2H3,(H,13,15). The van der Waals surface area contributed by atoms with Crippen molar-refractivity contribution in [1.82, 2.24) is 5.32 Å². The molecule has 1 N–H and O–H groups in total. The summed E-state index contributed by atoms with van der Waals surface area (Å²) in [6.45, 7) is 1.81. The zero-order valence-electron chi connectivity index (χ0n) is 9.45. The maximum absolute atomic E-state index is 11.1. The number of benzene rings is 1. The minimum atomic E-state index is -0.0669. The van der Waals surface area contributed by atoms with E-state index in [2.05, 4.69) is 5.32 Å². The quantitative estimate of drug-likeness (QED) is 0.765. The summed E-state index contributed by atoms with van der Waals surface area (Å²) >= 11 is 0. The molecule has 0 spiro atoms. The topological polar surface area (TPSA) is 55.4 Å². The lowest BCUT2D eigenvalue weighted by Crippen LogP contribution is -2.20. The van der Waals surface area contributed by atoms with Crippen molar-refractivity contribution in [2.75, 3.05) is 13.7 Å². The van der Waals surface area contributed by atoms with Gasteiger partial charge in [0, 0.05) is 12.6 Å². The van der Waals surface area contributed by atoms with Crippen LogP contribution in [-0.4, -0.2) is 25.3 Å². The fourth-order valence-electron chi connectivity index (χ4n) is 1.19. The van der Waals surface area contributed by atoms with Gasteiger partial charge in [-0.2, -0.15) is 0 Å². The van der Waals surface area contributed by atoms with Crippen LogP contribution >= 0.6 is 0 Å². The second-order valence-electron chi connectivity index (χ2n) is 3.36. The summed E-state index contributed by atoms with van der Waals surface area (Å²) < 4.78 is 5.36. The van der Waals surface area contributed by atoms with Gasteiger partial charge in [-0.1, -0.05) is 12.1 Å². The minimum absolute atomic E-state index is 0.00301. The molecule has 4 heteroatoms. The van der Waals surface area contributed by atoms with Crippen LogP contribution in [0.3, 0.4) is 0 Å². The Bertz CT molecular complexity index is 388. The molecule has 1 amide bonds. The van der Waals surface area contributed by atoms with Gasteiger partial charge in [-0.3, -0.25) is 9.59 Å². The Labute approximate surface area is 94.6 Å². The van der Waals surface area contributed by atoms with Gasteiger partial charge in [0.2, 0.25) is 5.91 Å². The summed E-state index contributed by atoms with van der Waals surface area (Å²) in [5, 5.41) is 2.51. The average molecular weight is 221 g/mol. The van der Waals surface area contributed by atoms with Crippen LogP contribution in [0, 0.1) is 0 Å². The predicted octanol–water partition coefficient (Wildman–Crippen LogP) is 1.40. The highest BCUT2D eigenvalue weighted by Gasteiger charge is 2.02. The van der Waals surface area contributed by atoms with Gasteiger partial charge in [0.05, 0.1) is 13.0 Å². The highest BCUT2D eigenvalue weighted by atomic mass is 16.5. The zero-order valence-corrected chi connectivity index (χ0v) is 9.45. The van der Waals surface area contributed by atoms with Crippen LogP contribution in [0.15, 0.2) is 24.3 Å². The third kappa shape index (κ3) is 3.73. The van der Waals surface area contributed by atoms with Crippen molar-refractivity contribution < 1.29 is 14.3 Å². The Morgan fingerprint density at radius 1 is 1.38 bits per heavy atom. The first kappa shape index (κ1) is 12.2. The Balaban J connectivity index is 2.51. The molecule has 4 nitrogen and oxygen atoms in total. The molecule has 0 aliphatic heterocycles. The second-order valence-corrected chi connectivity index (χ2v) is 3.36. The lowest BCUT2D eigenvalue weighted by Gasteiger charge is -2.06. The van der Waals surface area contributed by atoms with Crippen LogP contribution in [0.4, 0.5) is 0 Å². The van der Waals surface area contributed by atoms with E-state index in [4.69, 9.17) is 4.74 Å². The second kappa shape index (κ2) is 5.90. The van der Waals surface area contributed by atoms with Gasteiger partial charge in [-0.15, -0.1) is 0 Å². The summed E-state index contributed by atoms with van der Waals surface area (Å²) in [7, 11) is 1.58. The molecule has 0 bridgehead atoms. The maximum Gasteiger partial charge on any atom is 0.223 e. The van der Waals surface area contributed by atoms with E-state index >= 15 is 0 Å². The number of Topliss-reactive ketones (excluding diaryl/α,β-unsaturated/α-hetero) is 1. The molecule has 1 aromatic carbocycles. The van der Waals surface area contributed by atoms with Crippen molar-refractivity contribution in [2.45, 2.75) is 13.3 Å². The minimum Gasteiger partial charge on any atom is -0.493 e. The number of carbonyl (C=O) groups excluding carboxylic acids is 2. The van der Waals surface area contributed by atoms with Crippen molar-refractivity contribution >= 4 is 11.7 Å². The molecule has 1 aromatic rings. The van der Waals surface area contributed by atoms with Crippen LogP contribution in [-0.2, 0) is 4.79 Å². The molecule has 0 unspecified atom stereocenters. The van der Waals surface area contributed by atoms with Gasteiger partial charge in [0.25, 0.3) is 0 Å². The number of rotatable bonds is 5. The number of hydrogen-bond donors (Lipinski definition) is 1. The number of amides is 1. The summed E-state index contributed by atoms with van der Waals surface area (Å²) in [5.74, 6) is 0.538. The molecule has 0 fully saturated rings. The Morgan fingerprint density at radius 3 is 2.75 bits per heavy atom. The van der Waals surface area contributed by atoms with Gasteiger partial charge in [0.1, 0.15) is 5.75 Å². The molecule has 0 saturated heterocycles. The van der Waals surface area contributed by atoms with Crippen molar-refractivity contribution in [3.8, 4) is 5.75 Å². The molecule has 16 heavy (non-hydrogen) atoms. The molecular weight excluding hydrogens is 206 g/mol. The number of ketones is 1. The fraction of sp³-hybridized carbons (Fsp3) is 0.333. The Kier molecular flexibility index (Phi) is 4.51. The molecule has 0 atom stereocenters. The molecule has 0 aromatic heterocycles. The summed E-state index contributed by atoms with van der Waals surface area (Å²) in [5.41, 5.74) is 0.609. The van der Waals surface area contributed by atoms with E-state index in [0.717, 1.165) is 0 Å². The van der Waals surface area contributed by atoms with Crippen molar-refractivity contribution in [2.24, 2.45) is 0 Å². The lowest BCUT2D eigenvalue weighted by atomic mass is 10.1. The van der Waals surface area contributed by atoms with E-state index < -0.39 is 0 Å². The normalized spacial score (nSPS) is 9.62. The van der Waals surface area contributed by atoms with E-state index in [1.807, 2.05) is 0 Å². The molecule has 0 aliphatic carbocycles. The maximum atomic E-state index is 11.1. The molecule has 0 radical (unpaired) electrons. The number of nitrogens with one attached hydrogen (secondary N) is 1. The first-order valence-electron chi connectivity index (χ1n) is 5.08. The molecule has 0 heterocycles. The first-order valence-corrected chi connectivity index (χ1v) is 5.08. The van der Waals surface area contributed by atoms with Crippen LogP contribution in [0.25, 0.3) is 0 Å². The SMILES string of the molecule is CNC(=O)CCOc1cccc(C(C)=O)c1. The molecule has 86 valence electrons. The summed E-state index contributed by atoms with van der Waals surface area (Å²) in [6.07, 6.45) is 0.306. The van der Waals surface area contributed by atoms with E-state index in [0.29, 0.717) is 24.3 Å². The smallest absolute Gasteiger partial charge is 0.223 e. The fourth-order valence-corrected chi connectivity index (χ4v) is 1.19.